The lowest BCUT2D eigenvalue weighted by Crippen LogP contribution is -1.91. The van der Waals surface area contributed by atoms with E-state index < -0.39 is 0 Å². The van der Waals surface area contributed by atoms with Crippen molar-refractivity contribution in [3.8, 4) is 0 Å². The third-order valence-electron chi connectivity index (χ3n) is 1.14. The Hall–Kier alpha value is -0.590. The summed E-state index contributed by atoms with van der Waals surface area (Å²) in [6.45, 7) is 4.01. The Morgan fingerprint density at radius 3 is 2.56 bits per heavy atom. The summed E-state index contributed by atoms with van der Waals surface area (Å²) >= 11 is 0. The van der Waals surface area contributed by atoms with E-state index in [0.717, 1.165) is 19.1 Å². The highest BCUT2D eigenvalue weighted by atomic mass is 16.1. The SMILES string of the molecule is CC/C=C\CC(C)C=O. The van der Waals surface area contributed by atoms with Crippen LogP contribution in [0.15, 0.2) is 12.2 Å². The molecule has 9 heavy (non-hydrogen) atoms. The third kappa shape index (κ3) is 5.28. The van der Waals surface area contributed by atoms with Crippen molar-refractivity contribution >= 4 is 6.29 Å². The lowest BCUT2D eigenvalue weighted by molar-refractivity contribution is -0.110. The molecule has 0 aromatic heterocycles. The molecule has 0 amide bonds. The van der Waals surface area contributed by atoms with Crippen LogP contribution in [0, 0.1) is 5.92 Å². The van der Waals surface area contributed by atoms with Gasteiger partial charge in [0.2, 0.25) is 0 Å². The van der Waals surface area contributed by atoms with Gasteiger partial charge in [-0.2, -0.15) is 0 Å². The molecular formula is C8H14O. The normalized spacial score (nSPS) is 14.0. The fourth-order valence-electron chi connectivity index (χ4n) is 0.533. The maximum atomic E-state index is 10.1. The van der Waals surface area contributed by atoms with E-state index in [1.165, 1.54) is 0 Å². The molecule has 0 aliphatic heterocycles. The summed E-state index contributed by atoms with van der Waals surface area (Å²) in [6.07, 6.45) is 7.07. The van der Waals surface area contributed by atoms with Crippen LogP contribution in [0.3, 0.4) is 0 Å². The highest BCUT2D eigenvalue weighted by Gasteiger charge is 1.92. The van der Waals surface area contributed by atoms with Crippen molar-refractivity contribution in [1.82, 2.24) is 0 Å². The van der Waals surface area contributed by atoms with Gasteiger partial charge < -0.3 is 4.79 Å². The Morgan fingerprint density at radius 1 is 1.44 bits per heavy atom. The summed E-state index contributed by atoms with van der Waals surface area (Å²) in [7, 11) is 0. The molecule has 1 heteroatoms. The fraction of sp³-hybridized carbons (Fsp3) is 0.625. The second-order valence-corrected chi connectivity index (χ2v) is 2.23. The first-order valence-corrected chi connectivity index (χ1v) is 3.41. The maximum absolute atomic E-state index is 10.1. The maximum Gasteiger partial charge on any atom is 0.123 e. The van der Waals surface area contributed by atoms with Crippen LogP contribution in [0.1, 0.15) is 26.7 Å². The molecular weight excluding hydrogens is 112 g/mol. The molecule has 0 N–H and O–H groups in total. The van der Waals surface area contributed by atoms with Crippen LogP contribution in [0.5, 0.6) is 0 Å². The minimum Gasteiger partial charge on any atom is -0.303 e. The van der Waals surface area contributed by atoms with Crippen LogP contribution in [0.25, 0.3) is 0 Å². The summed E-state index contributed by atoms with van der Waals surface area (Å²) in [5.41, 5.74) is 0. The van der Waals surface area contributed by atoms with E-state index in [4.69, 9.17) is 0 Å². The Balaban J connectivity index is 3.25. The molecule has 0 radical (unpaired) electrons. The molecule has 52 valence electrons. The van der Waals surface area contributed by atoms with Crippen molar-refractivity contribution in [3.05, 3.63) is 12.2 Å². The van der Waals surface area contributed by atoms with Crippen molar-refractivity contribution in [2.75, 3.05) is 0 Å². The van der Waals surface area contributed by atoms with Crippen molar-refractivity contribution < 1.29 is 4.79 Å². The molecule has 0 aromatic rings. The van der Waals surface area contributed by atoms with Crippen LogP contribution in [0.2, 0.25) is 0 Å². The summed E-state index contributed by atoms with van der Waals surface area (Å²) < 4.78 is 0. The van der Waals surface area contributed by atoms with Crippen LogP contribution in [-0.2, 0) is 4.79 Å². The van der Waals surface area contributed by atoms with Crippen LogP contribution in [0.4, 0.5) is 0 Å². The first kappa shape index (κ1) is 8.41. The minimum atomic E-state index is 0.188. The average molecular weight is 126 g/mol. The summed E-state index contributed by atoms with van der Waals surface area (Å²) in [5.74, 6) is 0.188. The molecule has 0 fully saturated rings. The lowest BCUT2D eigenvalue weighted by atomic mass is 10.1. The zero-order valence-electron chi connectivity index (χ0n) is 6.13. The number of allylic oxidation sites excluding steroid dienone is 2. The number of rotatable bonds is 4. The lowest BCUT2D eigenvalue weighted by Gasteiger charge is -1.93. The van der Waals surface area contributed by atoms with Gasteiger partial charge in [-0.05, 0) is 12.8 Å². The van der Waals surface area contributed by atoms with Gasteiger partial charge in [0.05, 0.1) is 0 Å². The van der Waals surface area contributed by atoms with Gasteiger partial charge in [-0.25, -0.2) is 0 Å². The highest BCUT2D eigenvalue weighted by molar-refractivity contribution is 5.52. The first-order chi connectivity index (χ1) is 4.31. The summed E-state index contributed by atoms with van der Waals surface area (Å²) in [5, 5.41) is 0. The van der Waals surface area contributed by atoms with Crippen LogP contribution < -0.4 is 0 Å². The van der Waals surface area contributed by atoms with Gasteiger partial charge in [0.25, 0.3) is 0 Å². The molecule has 0 aliphatic rings. The zero-order valence-corrected chi connectivity index (χ0v) is 6.13. The molecule has 0 rings (SSSR count). The largest absolute Gasteiger partial charge is 0.303 e. The monoisotopic (exact) mass is 126 g/mol. The quantitative estimate of drug-likeness (QED) is 0.417. The van der Waals surface area contributed by atoms with E-state index in [1.807, 2.05) is 6.92 Å². The third-order valence-corrected chi connectivity index (χ3v) is 1.14. The molecule has 0 heterocycles. The summed E-state index contributed by atoms with van der Waals surface area (Å²) in [6, 6.07) is 0. The Labute approximate surface area is 56.8 Å². The van der Waals surface area contributed by atoms with E-state index in [1.54, 1.807) is 0 Å². The Kier molecular flexibility index (Phi) is 5.18. The van der Waals surface area contributed by atoms with E-state index in [9.17, 15) is 4.79 Å². The Morgan fingerprint density at radius 2 is 2.11 bits per heavy atom. The van der Waals surface area contributed by atoms with Gasteiger partial charge in [-0.15, -0.1) is 0 Å². The van der Waals surface area contributed by atoms with E-state index in [-0.39, 0.29) is 5.92 Å². The molecule has 1 nitrogen and oxygen atoms in total. The summed E-state index contributed by atoms with van der Waals surface area (Å²) in [4.78, 5) is 10.1. The number of hydrogen-bond acceptors (Lipinski definition) is 1. The standard InChI is InChI=1S/C8H14O/c1-3-4-5-6-8(2)7-9/h4-5,7-8H,3,6H2,1-2H3/b5-4-. The van der Waals surface area contributed by atoms with Gasteiger partial charge in [0, 0.05) is 5.92 Å². The topological polar surface area (TPSA) is 17.1 Å². The van der Waals surface area contributed by atoms with E-state index >= 15 is 0 Å². The predicted molar refractivity (Wildman–Crippen MR) is 39.3 cm³/mol. The number of hydrogen-bond donors (Lipinski definition) is 0. The van der Waals surface area contributed by atoms with Gasteiger partial charge >= 0.3 is 0 Å². The fourth-order valence-corrected chi connectivity index (χ4v) is 0.533. The zero-order chi connectivity index (χ0) is 7.11. The van der Waals surface area contributed by atoms with Gasteiger partial charge in [-0.1, -0.05) is 26.0 Å². The smallest absolute Gasteiger partial charge is 0.123 e. The first-order valence-electron chi connectivity index (χ1n) is 3.41. The van der Waals surface area contributed by atoms with E-state index in [2.05, 4.69) is 19.1 Å². The number of aldehydes is 1. The number of carbonyl (C=O) groups is 1. The highest BCUT2D eigenvalue weighted by Crippen LogP contribution is 1.98. The van der Waals surface area contributed by atoms with E-state index in [0.29, 0.717) is 0 Å². The number of carbonyl (C=O) groups excluding carboxylic acids is 1. The Bertz CT molecular complexity index is 94.7. The molecule has 0 bridgehead atoms. The molecule has 0 aliphatic carbocycles. The molecule has 0 spiro atoms. The van der Waals surface area contributed by atoms with Crippen LogP contribution >= 0.6 is 0 Å². The van der Waals surface area contributed by atoms with Crippen LogP contribution in [-0.4, -0.2) is 6.29 Å². The second-order valence-electron chi connectivity index (χ2n) is 2.23. The minimum absolute atomic E-state index is 0.188. The van der Waals surface area contributed by atoms with Crippen molar-refractivity contribution in [1.29, 1.82) is 0 Å². The molecule has 0 saturated carbocycles. The average Bonchev–Trinajstić information content (AvgIpc) is 1.89. The molecule has 0 aromatic carbocycles. The van der Waals surface area contributed by atoms with Crippen molar-refractivity contribution in [3.63, 3.8) is 0 Å². The van der Waals surface area contributed by atoms with Gasteiger partial charge in [0.15, 0.2) is 0 Å². The van der Waals surface area contributed by atoms with Crippen molar-refractivity contribution in [2.45, 2.75) is 26.7 Å². The molecule has 1 atom stereocenters. The second kappa shape index (κ2) is 5.54. The van der Waals surface area contributed by atoms with Crippen molar-refractivity contribution in [2.24, 2.45) is 5.92 Å². The molecule has 1 unspecified atom stereocenters. The predicted octanol–water partition coefficient (Wildman–Crippen LogP) is 2.18. The van der Waals surface area contributed by atoms with Gasteiger partial charge in [-0.3, -0.25) is 0 Å². The van der Waals surface area contributed by atoms with Gasteiger partial charge in [0.1, 0.15) is 6.29 Å². The molecule has 0 saturated heterocycles.